The molecule has 1 atom stereocenters. The summed E-state index contributed by atoms with van der Waals surface area (Å²) in [6, 6.07) is 5.13. The molecule has 5 nitrogen and oxygen atoms in total. The molecular weight excluding hydrogens is 254 g/mol. The predicted molar refractivity (Wildman–Crippen MR) is 82.6 cm³/mol. The van der Waals surface area contributed by atoms with E-state index in [1.165, 1.54) is 0 Å². The number of aryl methyl sites for hydroxylation is 1. The first kappa shape index (κ1) is 16.5. The first-order valence-corrected chi connectivity index (χ1v) is 7.01. The molecule has 0 aliphatic carbocycles. The number of nitrogens with one attached hydrogen (secondary N) is 1. The number of rotatable bonds is 7. The smallest absolute Gasteiger partial charge is 0.241 e. The molecule has 1 aromatic carbocycles. The van der Waals surface area contributed by atoms with E-state index in [9.17, 15) is 4.79 Å². The maximum atomic E-state index is 12.3. The van der Waals surface area contributed by atoms with Crippen molar-refractivity contribution in [3.8, 4) is 0 Å². The second-order valence-corrected chi connectivity index (χ2v) is 5.00. The molecule has 0 aliphatic rings. The van der Waals surface area contributed by atoms with Crippen molar-refractivity contribution in [3.05, 3.63) is 23.8 Å². The van der Waals surface area contributed by atoms with Gasteiger partial charge in [0.05, 0.1) is 12.6 Å². The summed E-state index contributed by atoms with van der Waals surface area (Å²) in [5.41, 5.74) is 8.09. The van der Waals surface area contributed by atoms with Crippen molar-refractivity contribution in [2.24, 2.45) is 0 Å². The fraction of sp³-hybridized carbons (Fsp3) is 0.533. The Hall–Kier alpha value is -1.59. The fourth-order valence-corrected chi connectivity index (χ4v) is 2.14. The maximum absolute atomic E-state index is 12.3. The zero-order valence-corrected chi connectivity index (χ0v) is 12.5. The number of aliphatic hydroxyl groups is 1. The Labute approximate surface area is 120 Å². The lowest BCUT2D eigenvalue weighted by atomic mass is 10.1. The summed E-state index contributed by atoms with van der Waals surface area (Å²) in [7, 11) is 0. The number of hydrogen-bond donors (Lipinski definition) is 3. The number of benzene rings is 1. The van der Waals surface area contributed by atoms with Gasteiger partial charge in [0.2, 0.25) is 5.91 Å². The number of nitrogens with zero attached hydrogens (tertiary/aromatic N) is 1. The van der Waals surface area contributed by atoms with Gasteiger partial charge in [-0.3, -0.25) is 9.69 Å². The van der Waals surface area contributed by atoms with E-state index in [4.69, 9.17) is 10.8 Å². The highest BCUT2D eigenvalue weighted by molar-refractivity contribution is 5.95. The summed E-state index contributed by atoms with van der Waals surface area (Å²) in [6.45, 7) is 7.16. The molecule has 0 aliphatic heterocycles. The lowest BCUT2D eigenvalue weighted by Gasteiger charge is -2.27. The highest BCUT2D eigenvalue weighted by atomic mass is 16.3. The molecule has 0 saturated heterocycles. The van der Waals surface area contributed by atoms with E-state index >= 15 is 0 Å². The number of aliphatic hydroxyl groups excluding tert-OH is 1. The average Bonchev–Trinajstić information content (AvgIpc) is 2.40. The molecule has 1 aromatic rings. The first-order valence-electron chi connectivity index (χ1n) is 7.01. The van der Waals surface area contributed by atoms with Crippen LogP contribution in [0.1, 0.15) is 25.8 Å². The molecule has 20 heavy (non-hydrogen) atoms. The van der Waals surface area contributed by atoms with Gasteiger partial charge in [-0.25, -0.2) is 0 Å². The standard InChI is InChI=1S/C15H25N3O2/c1-4-7-18(8-9-19)12(3)15(20)17-14-6-5-13(16)10-11(14)2/h5-6,10,12,19H,4,7-9,16H2,1-3H3,(H,17,20). The minimum Gasteiger partial charge on any atom is -0.399 e. The third-order valence-electron chi connectivity index (χ3n) is 3.33. The van der Waals surface area contributed by atoms with Crippen LogP contribution in [0, 0.1) is 6.92 Å². The van der Waals surface area contributed by atoms with Crippen LogP contribution in [0.5, 0.6) is 0 Å². The SMILES string of the molecule is CCCN(CCO)C(C)C(=O)Nc1ccc(N)cc1C. The number of carbonyl (C=O) groups excluding carboxylic acids is 1. The van der Waals surface area contributed by atoms with Gasteiger partial charge in [0.25, 0.3) is 0 Å². The van der Waals surface area contributed by atoms with Gasteiger partial charge in [-0.15, -0.1) is 0 Å². The molecule has 0 heterocycles. The van der Waals surface area contributed by atoms with Crippen LogP contribution in [0.15, 0.2) is 18.2 Å². The minimum absolute atomic E-state index is 0.0541. The van der Waals surface area contributed by atoms with E-state index < -0.39 is 0 Å². The monoisotopic (exact) mass is 279 g/mol. The number of amides is 1. The number of hydrogen-bond acceptors (Lipinski definition) is 4. The van der Waals surface area contributed by atoms with Crippen LogP contribution < -0.4 is 11.1 Å². The summed E-state index contributed by atoms with van der Waals surface area (Å²) in [4.78, 5) is 14.2. The van der Waals surface area contributed by atoms with Crippen molar-refractivity contribution >= 4 is 17.3 Å². The minimum atomic E-state index is -0.279. The van der Waals surface area contributed by atoms with Gasteiger partial charge in [-0.05, 0) is 50.6 Å². The highest BCUT2D eigenvalue weighted by Crippen LogP contribution is 2.18. The quantitative estimate of drug-likeness (QED) is 0.663. The van der Waals surface area contributed by atoms with Crippen molar-refractivity contribution < 1.29 is 9.90 Å². The van der Waals surface area contributed by atoms with Gasteiger partial charge >= 0.3 is 0 Å². The number of nitrogen functional groups attached to an aromatic ring is 1. The van der Waals surface area contributed by atoms with Crippen LogP contribution >= 0.6 is 0 Å². The topological polar surface area (TPSA) is 78.6 Å². The van der Waals surface area contributed by atoms with Crippen molar-refractivity contribution in [3.63, 3.8) is 0 Å². The zero-order valence-electron chi connectivity index (χ0n) is 12.5. The largest absolute Gasteiger partial charge is 0.399 e. The van der Waals surface area contributed by atoms with Gasteiger partial charge in [-0.2, -0.15) is 0 Å². The van der Waals surface area contributed by atoms with E-state index in [0.717, 1.165) is 24.2 Å². The number of anilines is 2. The molecule has 0 bridgehead atoms. The van der Waals surface area contributed by atoms with Crippen LogP contribution in [0.4, 0.5) is 11.4 Å². The van der Waals surface area contributed by atoms with E-state index in [0.29, 0.717) is 12.2 Å². The van der Waals surface area contributed by atoms with Gasteiger partial charge in [-0.1, -0.05) is 6.92 Å². The molecule has 0 radical (unpaired) electrons. The van der Waals surface area contributed by atoms with Gasteiger partial charge in [0, 0.05) is 17.9 Å². The van der Waals surface area contributed by atoms with E-state index in [2.05, 4.69) is 12.2 Å². The Morgan fingerprint density at radius 1 is 1.45 bits per heavy atom. The average molecular weight is 279 g/mol. The summed E-state index contributed by atoms with van der Waals surface area (Å²) in [5, 5.41) is 12.0. The van der Waals surface area contributed by atoms with E-state index in [1.807, 2.05) is 30.9 Å². The van der Waals surface area contributed by atoms with Crippen LogP contribution in [-0.4, -0.2) is 41.7 Å². The molecule has 0 spiro atoms. The zero-order chi connectivity index (χ0) is 15.1. The Morgan fingerprint density at radius 3 is 2.70 bits per heavy atom. The highest BCUT2D eigenvalue weighted by Gasteiger charge is 2.20. The fourth-order valence-electron chi connectivity index (χ4n) is 2.14. The van der Waals surface area contributed by atoms with Crippen molar-refractivity contribution in [1.82, 2.24) is 4.90 Å². The molecule has 1 unspecified atom stereocenters. The Morgan fingerprint density at radius 2 is 2.15 bits per heavy atom. The second kappa shape index (κ2) is 7.87. The second-order valence-electron chi connectivity index (χ2n) is 5.00. The normalized spacial score (nSPS) is 12.4. The third-order valence-corrected chi connectivity index (χ3v) is 3.33. The molecule has 4 N–H and O–H groups in total. The van der Waals surface area contributed by atoms with Gasteiger partial charge in [0.1, 0.15) is 0 Å². The predicted octanol–water partition coefficient (Wildman–Crippen LogP) is 1.61. The van der Waals surface area contributed by atoms with Crippen LogP contribution in [0.25, 0.3) is 0 Å². The number of nitrogens with two attached hydrogens (primary N) is 1. The van der Waals surface area contributed by atoms with Crippen LogP contribution in [-0.2, 0) is 4.79 Å². The lowest BCUT2D eigenvalue weighted by Crippen LogP contribution is -2.43. The van der Waals surface area contributed by atoms with Crippen molar-refractivity contribution in [2.45, 2.75) is 33.2 Å². The van der Waals surface area contributed by atoms with Gasteiger partial charge in [0.15, 0.2) is 0 Å². The molecule has 5 heteroatoms. The molecule has 1 amide bonds. The maximum Gasteiger partial charge on any atom is 0.241 e. The summed E-state index contributed by atoms with van der Waals surface area (Å²) < 4.78 is 0. The molecule has 1 rings (SSSR count). The Balaban J connectivity index is 2.73. The van der Waals surface area contributed by atoms with Gasteiger partial charge < -0.3 is 16.2 Å². The van der Waals surface area contributed by atoms with Crippen LogP contribution in [0.2, 0.25) is 0 Å². The summed E-state index contributed by atoms with van der Waals surface area (Å²) >= 11 is 0. The first-order chi connectivity index (χ1) is 9.49. The van der Waals surface area contributed by atoms with E-state index in [-0.39, 0.29) is 18.6 Å². The molecular formula is C15H25N3O2. The Bertz CT molecular complexity index is 443. The summed E-state index contributed by atoms with van der Waals surface area (Å²) in [5.74, 6) is -0.0697. The van der Waals surface area contributed by atoms with E-state index in [1.54, 1.807) is 6.07 Å². The van der Waals surface area contributed by atoms with Crippen molar-refractivity contribution in [1.29, 1.82) is 0 Å². The molecule has 0 aromatic heterocycles. The molecule has 0 fully saturated rings. The Kier molecular flexibility index (Phi) is 6.48. The van der Waals surface area contributed by atoms with Crippen LogP contribution in [0.3, 0.4) is 0 Å². The summed E-state index contributed by atoms with van der Waals surface area (Å²) in [6.07, 6.45) is 0.943. The third kappa shape index (κ3) is 4.51. The molecule has 112 valence electrons. The number of carbonyl (C=O) groups is 1. The van der Waals surface area contributed by atoms with Crippen molar-refractivity contribution in [2.75, 3.05) is 30.7 Å². The molecule has 0 saturated carbocycles. The lowest BCUT2D eigenvalue weighted by molar-refractivity contribution is -0.120.